The predicted octanol–water partition coefficient (Wildman–Crippen LogP) is -1.13. The van der Waals surface area contributed by atoms with Crippen LogP contribution in [-0.4, -0.2) is 18.5 Å². The molecule has 3 nitrogen and oxygen atoms in total. The third kappa shape index (κ3) is 0.490. The summed E-state index contributed by atoms with van der Waals surface area (Å²) in [5.41, 5.74) is 4.62. The highest BCUT2D eigenvalue weighted by molar-refractivity contribution is 5.80. The molecule has 1 aliphatic heterocycles. The van der Waals surface area contributed by atoms with Crippen molar-refractivity contribution >= 4 is 5.91 Å². The van der Waals surface area contributed by atoms with Gasteiger partial charge in [-0.1, -0.05) is 0 Å². The molecular weight excluding hydrogens is 82.0 g/mol. The molecule has 0 aliphatic carbocycles. The van der Waals surface area contributed by atoms with Gasteiger partial charge in [-0.15, -0.1) is 0 Å². The number of carbonyl (C=O) groups is 1. The Balaban J connectivity index is 2.74. The largest absolute Gasteiger partial charge is 0.367 e. The SMILES string of the molecule is [2H]C1([2H])OC1([2H])C(N)=O. The van der Waals surface area contributed by atoms with Gasteiger partial charge in [-0.25, -0.2) is 0 Å². The second-order valence-corrected chi connectivity index (χ2v) is 0.897. The summed E-state index contributed by atoms with van der Waals surface area (Å²) in [6.45, 7) is -2.18. The number of hydrogen-bond acceptors (Lipinski definition) is 2. The van der Waals surface area contributed by atoms with Crippen LogP contribution in [0.1, 0.15) is 4.11 Å². The summed E-state index contributed by atoms with van der Waals surface area (Å²) in [5, 5.41) is 0. The molecule has 0 spiro atoms. The summed E-state index contributed by atoms with van der Waals surface area (Å²) < 4.78 is 24.3. The van der Waals surface area contributed by atoms with Gasteiger partial charge in [0.1, 0.15) is 0 Å². The molecule has 1 amide bonds. The van der Waals surface area contributed by atoms with E-state index >= 15 is 0 Å². The average Bonchev–Trinajstić information content (AvgIpc) is 2.08. The molecule has 2 N–H and O–H groups in total. The molecule has 1 fully saturated rings. The summed E-state index contributed by atoms with van der Waals surface area (Å²) in [6.07, 6.45) is -2.13. The highest BCUT2D eigenvalue weighted by atomic mass is 16.6. The average molecular weight is 90.1 g/mol. The molecule has 1 rings (SSSR count). The van der Waals surface area contributed by atoms with Crippen molar-refractivity contribution < 1.29 is 13.6 Å². The van der Waals surface area contributed by atoms with E-state index < -0.39 is 18.5 Å². The third-order valence-corrected chi connectivity index (χ3v) is 0.428. The highest BCUT2D eigenvalue weighted by Crippen LogP contribution is 2.05. The van der Waals surface area contributed by atoms with Crippen LogP contribution in [0.5, 0.6) is 0 Å². The molecule has 34 valence electrons. The van der Waals surface area contributed by atoms with E-state index in [1.54, 1.807) is 0 Å². The van der Waals surface area contributed by atoms with Crippen molar-refractivity contribution in [2.24, 2.45) is 5.73 Å². The molecular formula is C3H5NO2. The fourth-order valence-electron chi connectivity index (χ4n) is 0.126. The zero-order valence-electron chi connectivity index (χ0n) is 5.89. The molecule has 0 aromatic heterocycles. The Morgan fingerprint density at radius 3 is 3.00 bits per heavy atom. The lowest BCUT2D eigenvalue weighted by Crippen LogP contribution is -2.17. The first-order valence-electron chi connectivity index (χ1n) is 2.90. The monoisotopic (exact) mass is 90.1 g/mol. The van der Waals surface area contributed by atoms with Crippen molar-refractivity contribution in [3.8, 4) is 0 Å². The molecule has 1 aliphatic rings. The number of nitrogens with two attached hydrogens (primary N) is 1. The molecule has 1 unspecified atom stereocenters. The topological polar surface area (TPSA) is 55.6 Å². The molecule has 1 heterocycles. The maximum absolute atomic E-state index is 10.2. The fraction of sp³-hybridized carbons (Fsp3) is 0.667. The van der Waals surface area contributed by atoms with Crippen LogP contribution < -0.4 is 5.73 Å². The van der Waals surface area contributed by atoms with E-state index in [2.05, 4.69) is 10.5 Å². The molecule has 0 saturated carbocycles. The number of amides is 1. The van der Waals surface area contributed by atoms with Crippen LogP contribution in [0, 0.1) is 0 Å². The normalized spacial score (nSPS) is 57.7. The van der Waals surface area contributed by atoms with E-state index in [4.69, 9.17) is 4.11 Å². The van der Waals surface area contributed by atoms with Gasteiger partial charge in [-0.3, -0.25) is 4.79 Å². The number of hydrogen-bond donors (Lipinski definition) is 1. The summed E-state index contributed by atoms with van der Waals surface area (Å²) >= 11 is 0. The minimum absolute atomic E-state index is 1.09. The number of rotatable bonds is 1. The van der Waals surface area contributed by atoms with Crippen LogP contribution in [0.15, 0.2) is 0 Å². The zero-order chi connectivity index (χ0) is 7.28. The van der Waals surface area contributed by atoms with Crippen LogP contribution in [-0.2, 0) is 9.53 Å². The summed E-state index contributed by atoms with van der Waals surface area (Å²) in [6, 6.07) is 0. The predicted molar refractivity (Wildman–Crippen MR) is 18.9 cm³/mol. The van der Waals surface area contributed by atoms with Crippen LogP contribution in [0.4, 0.5) is 0 Å². The van der Waals surface area contributed by atoms with Gasteiger partial charge in [0.05, 0.1) is 10.7 Å². The number of primary amides is 1. The Kier molecular flexibility index (Phi) is 0.236. The Bertz CT molecular complexity index is 170. The van der Waals surface area contributed by atoms with Gasteiger partial charge in [0.2, 0.25) is 5.91 Å². The van der Waals surface area contributed by atoms with Gasteiger partial charge >= 0.3 is 0 Å². The van der Waals surface area contributed by atoms with Crippen molar-refractivity contribution in [2.45, 2.75) is 6.08 Å². The van der Waals surface area contributed by atoms with Gasteiger partial charge in [0.15, 0.2) is 6.08 Å². The molecule has 0 bridgehead atoms. The first-order valence-corrected chi connectivity index (χ1v) is 1.40. The summed E-state index contributed by atoms with van der Waals surface area (Å²) in [4.78, 5) is 10.2. The minimum atomic E-state index is -2.18. The van der Waals surface area contributed by atoms with E-state index in [0.29, 0.717) is 0 Å². The van der Waals surface area contributed by atoms with Crippen LogP contribution in [0.3, 0.4) is 0 Å². The second kappa shape index (κ2) is 0.944. The van der Waals surface area contributed by atoms with E-state index in [1.807, 2.05) is 0 Å². The zero-order valence-corrected chi connectivity index (χ0v) is 2.89. The molecule has 0 radical (unpaired) electrons. The first kappa shape index (κ1) is 1.50. The Hall–Kier alpha value is -0.570. The van der Waals surface area contributed by atoms with Gasteiger partial charge < -0.3 is 10.5 Å². The van der Waals surface area contributed by atoms with Crippen molar-refractivity contribution in [1.29, 1.82) is 0 Å². The molecule has 6 heavy (non-hydrogen) atoms. The number of epoxide rings is 1. The van der Waals surface area contributed by atoms with Gasteiger partial charge in [-0.05, 0) is 0 Å². The quantitative estimate of drug-likeness (QED) is 0.414. The Morgan fingerprint density at radius 1 is 2.50 bits per heavy atom. The van der Waals surface area contributed by atoms with Crippen LogP contribution in [0.25, 0.3) is 0 Å². The van der Waals surface area contributed by atoms with E-state index in [0.717, 1.165) is 0 Å². The maximum Gasteiger partial charge on any atom is 0.248 e. The van der Waals surface area contributed by atoms with E-state index in [1.165, 1.54) is 0 Å². The number of carbonyl (C=O) groups excluding carboxylic acids is 1. The standard InChI is InChI=1S/C3H5NO2/c4-3(5)2-1-6-2/h2H,1H2,(H2,4,5)/i1D2,2D. The van der Waals surface area contributed by atoms with Crippen LogP contribution >= 0.6 is 0 Å². The van der Waals surface area contributed by atoms with Crippen LogP contribution in [0.2, 0.25) is 0 Å². The van der Waals surface area contributed by atoms with Gasteiger partial charge in [0, 0.05) is 0 Å². The minimum Gasteiger partial charge on any atom is -0.367 e. The lowest BCUT2D eigenvalue weighted by atomic mass is 10.5. The maximum atomic E-state index is 10.2. The smallest absolute Gasteiger partial charge is 0.248 e. The van der Waals surface area contributed by atoms with Crippen molar-refractivity contribution in [3.05, 3.63) is 0 Å². The van der Waals surface area contributed by atoms with Crippen molar-refractivity contribution in [2.75, 3.05) is 6.56 Å². The highest BCUT2D eigenvalue weighted by Gasteiger charge is 2.28. The molecule has 0 aromatic rings. The third-order valence-electron chi connectivity index (χ3n) is 0.428. The summed E-state index contributed by atoms with van der Waals surface area (Å²) in [7, 11) is 0. The van der Waals surface area contributed by atoms with E-state index in [-0.39, 0.29) is 0 Å². The lowest BCUT2D eigenvalue weighted by molar-refractivity contribution is -0.119. The molecule has 1 atom stereocenters. The van der Waals surface area contributed by atoms with Crippen molar-refractivity contribution in [3.63, 3.8) is 0 Å². The Morgan fingerprint density at radius 2 is 3.00 bits per heavy atom. The molecule has 3 heteroatoms. The lowest BCUT2D eigenvalue weighted by Gasteiger charge is -1.73. The Labute approximate surface area is 39.3 Å². The molecule has 0 aromatic carbocycles. The van der Waals surface area contributed by atoms with Crippen molar-refractivity contribution in [1.82, 2.24) is 0 Å². The van der Waals surface area contributed by atoms with Gasteiger partial charge in [0.25, 0.3) is 0 Å². The second-order valence-electron chi connectivity index (χ2n) is 0.897. The molecule has 1 saturated heterocycles. The van der Waals surface area contributed by atoms with Gasteiger partial charge in [-0.2, -0.15) is 0 Å². The fourth-order valence-corrected chi connectivity index (χ4v) is 0.126. The first-order chi connectivity index (χ1) is 3.90. The number of ether oxygens (including phenoxy) is 1. The van der Waals surface area contributed by atoms with E-state index in [9.17, 15) is 4.79 Å². The summed E-state index contributed by atoms with van der Waals surface area (Å²) in [5.74, 6) is -1.09.